The first-order valence-electron chi connectivity index (χ1n) is 6.16. The zero-order valence-electron chi connectivity index (χ0n) is 10.9. The van der Waals surface area contributed by atoms with Gasteiger partial charge in [0.2, 0.25) is 5.91 Å². The van der Waals surface area contributed by atoms with Crippen molar-refractivity contribution in [2.75, 3.05) is 33.8 Å². The van der Waals surface area contributed by atoms with Crippen molar-refractivity contribution in [3.8, 4) is 0 Å². The minimum absolute atomic E-state index is 0.0586. The predicted octanol–water partition coefficient (Wildman–Crippen LogP) is 0.492. The van der Waals surface area contributed by atoms with Crippen LogP contribution in [0.4, 0.5) is 0 Å². The molecule has 1 rings (SSSR count). The molecular weight excluding hydrogens is 220 g/mol. The van der Waals surface area contributed by atoms with Gasteiger partial charge in [0.15, 0.2) is 0 Å². The van der Waals surface area contributed by atoms with Crippen LogP contribution in [0, 0.1) is 0 Å². The van der Waals surface area contributed by atoms with Gasteiger partial charge in [0, 0.05) is 13.6 Å². The average Bonchev–Trinajstić information content (AvgIpc) is 2.37. The van der Waals surface area contributed by atoms with Gasteiger partial charge in [0.05, 0.1) is 13.7 Å². The highest BCUT2D eigenvalue weighted by Gasteiger charge is 2.30. The van der Waals surface area contributed by atoms with E-state index >= 15 is 0 Å². The van der Waals surface area contributed by atoms with Crippen LogP contribution in [0.25, 0.3) is 0 Å². The number of piperidine rings is 1. The van der Waals surface area contributed by atoms with Gasteiger partial charge in [-0.15, -0.1) is 0 Å². The van der Waals surface area contributed by atoms with Crippen LogP contribution in [0.2, 0.25) is 0 Å². The third-order valence-corrected chi connectivity index (χ3v) is 3.33. The SMILES string of the molecule is CCN(C)C(=O)CN1CCCC[C@@H]1C(=O)OC. The van der Waals surface area contributed by atoms with E-state index in [0.717, 1.165) is 25.8 Å². The summed E-state index contributed by atoms with van der Waals surface area (Å²) in [6, 6.07) is -0.247. The highest BCUT2D eigenvalue weighted by molar-refractivity contribution is 5.80. The summed E-state index contributed by atoms with van der Waals surface area (Å²) in [5, 5.41) is 0. The minimum atomic E-state index is -0.247. The van der Waals surface area contributed by atoms with Crippen molar-refractivity contribution in [3.05, 3.63) is 0 Å². The van der Waals surface area contributed by atoms with Crippen molar-refractivity contribution < 1.29 is 14.3 Å². The largest absolute Gasteiger partial charge is 0.468 e. The van der Waals surface area contributed by atoms with E-state index in [9.17, 15) is 9.59 Å². The second-order valence-corrected chi connectivity index (χ2v) is 4.41. The number of hydrogen-bond acceptors (Lipinski definition) is 4. The van der Waals surface area contributed by atoms with E-state index in [1.807, 2.05) is 11.8 Å². The molecule has 1 amide bonds. The second kappa shape index (κ2) is 6.59. The van der Waals surface area contributed by atoms with Crippen molar-refractivity contribution in [2.24, 2.45) is 0 Å². The first kappa shape index (κ1) is 14.0. The summed E-state index contributed by atoms with van der Waals surface area (Å²) in [4.78, 5) is 27.0. The Morgan fingerprint density at radius 1 is 1.41 bits per heavy atom. The number of nitrogens with zero attached hydrogens (tertiary/aromatic N) is 2. The molecule has 0 aromatic carbocycles. The lowest BCUT2D eigenvalue weighted by Crippen LogP contribution is -2.49. The maximum atomic E-state index is 11.8. The van der Waals surface area contributed by atoms with Crippen LogP contribution in [0.3, 0.4) is 0 Å². The Morgan fingerprint density at radius 3 is 2.71 bits per heavy atom. The van der Waals surface area contributed by atoms with Gasteiger partial charge in [-0.3, -0.25) is 14.5 Å². The fraction of sp³-hybridized carbons (Fsp3) is 0.833. The molecule has 0 unspecified atom stereocenters. The molecule has 1 saturated heterocycles. The molecule has 1 heterocycles. The number of likely N-dealkylation sites (N-methyl/N-ethyl adjacent to an activating group) is 1. The van der Waals surface area contributed by atoms with Crippen molar-refractivity contribution in [3.63, 3.8) is 0 Å². The summed E-state index contributed by atoms with van der Waals surface area (Å²) in [5.74, 6) is -0.167. The Hall–Kier alpha value is -1.10. The Labute approximate surface area is 103 Å². The molecule has 0 spiro atoms. The smallest absolute Gasteiger partial charge is 0.323 e. The minimum Gasteiger partial charge on any atom is -0.468 e. The van der Waals surface area contributed by atoms with Crippen molar-refractivity contribution in [1.82, 2.24) is 9.80 Å². The Bertz CT molecular complexity index is 281. The highest BCUT2D eigenvalue weighted by atomic mass is 16.5. The Balaban J connectivity index is 2.59. The summed E-state index contributed by atoms with van der Waals surface area (Å²) in [6.07, 6.45) is 2.85. The molecule has 0 bridgehead atoms. The molecule has 1 aliphatic rings. The predicted molar refractivity (Wildman–Crippen MR) is 64.5 cm³/mol. The number of esters is 1. The number of likely N-dealkylation sites (tertiary alicyclic amines) is 1. The van der Waals surface area contributed by atoms with Crippen LogP contribution in [0.15, 0.2) is 0 Å². The summed E-state index contributed by atoms with van der Waals surface area (Å²) in [6.45, 7) is 3.73. The van der Waals surface area contributed by atoms with E-state index in [2.05, 4.69) is 0 Å². The number of carbonyl (C=O) groups is 2. The van der Waals surface area contributed by atoms with Gasteiger partial charge in [0.25, 0.3) is 0 Å². The number of ether oxygens (including phenoxy) is 1. The summed E-state index contributed by atoms with van der Waals surface area (Å²) >= 11 is 0. The fourth-order valence-corrected chi connectivity index (χ4v) is 2.05. The van der Waals surface area contributed by atoms with E-state index in [-0.39, 0.29) is 17.9 Å². The van der Waals surface area contributed by atoms with Gasteiger partial charge >= 0.3 is 5.97 Å². The van der Waals surface area contributed by atoms with Gasteiger partial charge in [-0.05, 0) is 26.3 Å². The number of hydrogen-bond donors (Lipinski definition) is 0. The average molecular weight is 242 g/mol. The lowest BCUT2D eigenvalue weighted by molar-refractivity contribution is -0.149. The highest BCUT2D eigenvalue weighted by Crippen LogP contribution is 2.17. The summed E-state index contributed by atoms with van der Waals surface area (Å²) in [7, 11) is 3.18. The zero-order chi connectivity index (χ0) is 12.8. The topological polar surface area (TPSA) is 49.9 Å². The lowest BCUT2D eigenvalue weighted by atomic mass is 10.0. The van der Waals surface area contributed by atoms with Crippen molar-refractivity contribution in [1.29, 1.82) is 0 Å². The van der Waals surface area contributed by atoms with Crippen LogP contribution in [0.5, 0.6) is 0 Å². The molecule has 0 aromatic heterocycles. The normalized spacial score (nSPS) is 21.0. The molecule has 1 fully saturated rings. The maximum Gasteiger partial charge on any atom is 0.323 e. The third-order valence-electron chi connectivity index (χ3n) is 3.33. The van der Waals surface area contributed by atoms with Gasteiger partial charge < -0.3 is 9.64 Å². The quantitative estimate of drug-likeness (QED) is 0.673. The number of amides is 1. The summed E-state index contributed by atoms with van der Waals surface area (Å²) in [5.41, 5.74) is 0. The Kier molecular flexibility index (Phi) is 5.41. The van der Waals surface area contributed by atoms with E-state index in [1.54, 1.807) is 11.9 Å². The fourth-order valence-electron chi connectivity index (χ4n) is 2.05. The first-order chi connectivity index (χ1) is 8.10. The molecule has 0 radical (unpaired) electrons. The van der Waals surface area contributed by atoms with E-state index in [0.29, 0.717) is 13.1 Å². The lowest BCUT2D eigenvalue weighted by Gasteiger charge is -2.33. The summed E-state index contributed by atoms with van der Waals surface area (Å²) < 4.78 is 4.78. The standard InChI is InChI=1S/C12H22N2O3/c1-4-13(2)11(15)9-14-8-6-5-7-10(14)12(16)17-3/h10H,4-9H2,1-3H3/t10-/m1/s1. The molecule has 1 atom stereocenters. The van der Waals surface area contributed by atoms with E-state index in [4.69, 9.17) is 4.74 Å². The zero-order valence-corrected chi connectivity index (χ0v) is 10.9. The number of rotatable bonds is 4. The van der Waals surface area contributed by atoms with Gasteiger partial charge in [-0.25, -0.2) is 0 Å². The van der Waals surface area contributed by atoms with Crippen LogP contribution in [0.1, 0.15) is 26.2 Å². The Morgan fingerprint density at radius 2 is 2.12 bits per heavy atom. The van der Waals surface area contributed by atoms with E-state index < -0.39 is 0 Å². The van der Waals surface area contributed by atoms with Crippen LogP contribution in [-0.2, 0) is 14.3 Å². The molecule has 0 N–H and O–H groups in total. The molecule has 5 nitrogen and oxygen atoms in total. The van der Waals surface area contributed by atoms with Crippen LogP contribution < -0.4 is 0 Å². The number of carbonyl (C=O) groups excluding carboxylic acids is 2. The van der Waals surface area contributed by atoms with Gasteiger partial charge in [-0.1, -0.05) is 6.42 Å². The van der Waals surface area contributed by atoms with Crippen LogP contribution in [-0.4, -0.2) is 61.5 Å². The van der Waals surface area contributed by atoms with Gasteiger partial charge in [0.1, 0.15) is 6.04 Å². The third kappa shape index (κ3) is 3.70. The number of methoxy groups -OCH3 is 1. The molecule has 1 aliphatic heterocycles. The molecule has 0 aromatic rings. The first-order valence-corrected chi connectivity index (χ1v) is 6.16. The second-order valence-electron chi connectivity index (χ2n) is 4.41. The van der Waals surface area contributed by atoms with E-state index in [1.165, 1.54) is 7.11 Å². The van der Waals surface area contributed by atoms with Crippen LogP contribution >= 0.6 is 0 Å². The molecular formula is C12H22N2O3. The molecule has 0 aliphatic carbocycles. The van der Waals surface area contributed by atoms with Gasteiger partial charge in [-0.2, -0.15) is 0 Å². The maximum absolute atomic E-state index is 11.8. The molecule has 17 heavy (non-hydrogen) atoms. The molecule has 0 saturated carbocycles. The van der Waals surface area contributed by atoms with Crippen molar-refractivity contribution in [2.45, 2.75) is 32.2 Å². The molecule has 98 valence electrons. The molecule has 5 heteroatoms. The van der Waals surface area contributed by atoms with Crippen molar-refractivity contribution >= 4 is 11.9 Å². The monoisotopic (exact) mass is 242 g/mol.